The van der Waals surface area contributed by atoms with Crippen LogP contribution in [0, 0.1) is 14.3 Å². The van der Waals surface area contributed by atoms with E-state index in [9.17, 15) is 0 Å². The van der Waals surface area contributed by atoms with E-state index < -0.39 is 0 Å². The molecule has 0 unspecified atom stereocenters. The lowest BCUT2D eigenvalue weighted by atomic mass is 10.5. The first-order valence-corrected chi connectivity index (χ1v) is 6.91. The van der Waals surface area contributed by atoms with Gasteiger partial charge in [0.05, 0.1) is 17.9 Å². The molecule has 3 nitrogen and oxygen atoms in total. The van der Waals surface area contributed by atoms with E-state index in [4.69, 9.17) is 0 Å². The molecule has 2 aromatic heterocycles. The van der Waals surface area contributed by atoms with E-state index in [2.05, 4.69) is 59.7 Å². The monoisotopic (exact) mass is 431 g/mol. The van der Waals surface area contributed by atoms with Crippen LogP contribution in [-0.4, -0.2) is 14.5 Å². The van der Waals surface area contributed by atoms with Gasteiger partial charge in [0.2, 0.25) is 0 Å². The van der Waals surface area contributed by atoms with Crippen molar-refractivity contribution in [2.24, 2.45) is 0 Å². The summed E-state index contributed by atoms with van der Waals surface area (Å²) in [5.41, 5.74) is 0. The summed E-state index contributed by atoms with van der Waals surface area (Å²) in [6.07, 6.45) is 3.81. The van der Waals surface area contributed by atoms with E-state index in [-0.39, 0.29) is 0 Å². The third-order valence-corrected chi connectivity index (χ3v) is 5.58. The molecule has 0 atom stereocenters. The van der Waals surface area contributed by atoms with Crippen molar-refractivity contribution in [3.63, 3.8) is 0 Å². The predicted octanol–water partition coefficient (Wildman–Crippen LogP) is 2.91. The first kappa shape index (κ1) is 10.8. The number of halogens is 2. The number of aromatic nitrogens is 3. The third-order valence-electron chi connectivity index (χ3n) is 1.73. The molecular formula is C8H7I2N3S. The molecule has 0 fully saturated rings. The van der Waals surface area contributed by atoms with Crippen LogP contribution < -0.4 is 0 Å². The van der Waals surface area contributed by atoms with Crippen molar-refractivity contribution in [3.05, 3.63) is 29.8 Å². The summed E-state index contributed by atoms with van der Waals surface area (Å²) in [6, 6.07) is 0. The lowest BCUT2D eigenvalue weighted by molar-refractivity contribution is 0.787. The zero-order valence-electron chi connectivity index (χ0n) is 7.37. The molecule has 0 spiro atoms. The van der Waals surface area contributed by atoms with Crippen molar-refractivity contribution in [2.75, 3.05) is 0 Å². The standard InChI is InChI=1S/C8H7I2N3S/c1-5-11-2-6(14-5)3-13-4-12-7(9)8(13)10/h2,4H,3H2,1H3. The minimum Gasteiger partial charge on any atom is -0.320 e. The number of imidazole rings is 1. The Bertz CT molecular complexity index is 449. The van der Waals surface area contributed by atoms with Crippen LogP contribution in [0.2, 0.25) is 0 Å². The largest absolute Gasteiger partial charge is 0.320 e. The topological polar surface area (TPSA) is 30.7 Å². The van der Waals surface area contributed by atoms with Gasteiger partial charge in [0, 0.05) is 11.1 Å². The smallest absolute Gasteiger partial charge is 0.132 e. The average molecular weight is 431 g/mol. The summed E-state index contributed by atoms with van der Waals surface area (Å²) < 4.78 is 4.38. The highest BCUT2D eigenvalue weighted by molar-refractivity contribution is 14.1. The first-order valence-electron chi connectivity index (χ1n) is 3.94. The molecule has 0 aromatic carbocycles. The molecule has 0 bridgehead atoms. The summed E-state index contributed by atoms with van der Waals surface area (Å²) in [4.78, 5) is 9.75. The van der Waals surface area contributed by atoms with Gasteiger partial charge in [0.25, 0.3) is 0 Å². The Morgan fingerprint density at radius 3 is 2.71 bits per heavy atom. The third kappa shape index (κ3) is 2.27. The fourth-order valence-corrected chi connectivity index (χ4v) is 2.76. The van der Waals surface area contributed by atoms with Crippen LogP contribution in [0.1, 0.15) is 9.88 Å². The highest BCUT2D eigenvalue weighted by atomic mass is 127. The van der Waals surface area contributed by atoms with Gasteiger partial charge in [0.1, 0.15) is 7.40 Å². The number of rotatable bonds is 2. The number of aryl methyl sites for hydroxylation is 1. The van der Waals surface area contributed by atoms with Crippen molar-refractivity contribution >= 4 is 56.5 Å². The number of hydrogen-bond donors (Lipinski definition) is 0. The summed E-state index contributed by atoms with van der Waals surface area (Å²) >= 11 is 6.29. The average Bonchev–Trinajstić information content (AvgIpc) is 2.67. The predicted molar refractivity (Wildman–Crippen MR) is 73.6 cm³/mol. The molecule has 0 saturated heterocycles. The summed E-state index contributed by atoms with van der Waals surface area (Å²) in [5, 5.41) is 1.12. The van der Waals surface area contributed by atoms with Crippen molar-refractivity contribution in [2.45, 2.75) is 13.5 Å². The van der Waals surface area contributed by atoms with Gasteiger partial charge in [-0.15, -0.1) is 11.3 Å². The number of hydrogen-bond acceptors (Lipinski definition) is 3. The Balaban J connectivity index is 2.22. The maximum Gasteiger partial charge on any atom is 0.132 e. The van der Waals surface area contributed by atoms with E-state index in [1.54, 1.807) is 11.3 Å². The van der Waals surface area contributed by atoms with E-state index in [0.29, 0.717) is 0 Å². The molecule has 6 heteroatoms. The molecule has 0 aliphatic rings. The Kier molecular flexibility index (Phi) is 3.42. The van der Waals surface area contributed by atoms with Gasteiger partial charge >= 0.3 is 0 Å². The number of thiazole rings is 1. The lowest BCUT2D eigenvalue weighted by Crippen LogP contribution is -1.98. The Hall–Kier alpha value is 0.300. The second-order valence-corrected chi connectivity index (χ2v) is 6.16. The molecule has 0 N–H and O–H groups in total. The van der Waals surface area contributed by atoms with Crippen LogP contribution in [0.15, 0.2) is 12.5 Å². The maximum atomic E-state index is 4.25. The Morgan fingerprint density at radius 1 is 1.43 bits per heavy atom. The van der Waals surface area contributed by atoms with Gasteiger partial charge in [-0.2, -0.15) is 0 Å². The van der Waals surface area contributed by atoms with Gasteiger partial charge in [0.15, 0.2) is 0 Å². The number of nitrogens with zero attached hydrogens (tertiary/aromatic N) is 3. The molecule has 2 aromatic rings. The summed E-state index contributed by atoms with van der Waals surface area (Å²) in [5.74, 6) is 0. The molecule has 0 radical (unpaired) electrons. The minimum atomic E-state index is 0.875. The molecule has 2 rings (SSSR count). The SMILES string of the molecule is Cc1ncc(Cn2cnc(I)c2I)s1. The van der Waals surface area contributed by atoms with E-state index in [1.165, 1.54) is 8.58 Å². The molecule has 0 saturated carbocycles. The molecule has 14 heavy (non-hydrogen) atoms. The highest BCUT2D eigenvalue weighted by Gasteiger charge is 2.06. The molecule has 0 aliphatic carbocycles. The molecule has 0 amide bonds. The van der Waals surface area contributed by atoms with Crippen molar-refractivity contribution in [1.82, 2.24) is 14.5 Å². The van der Waals surface area contributed by atoms with Crippen LogP contribution in [0.3, 0.4) is 0 Å². The van der Waals surface area contributed by atoms with Crippen molar-refractivity contribution < 1.29 is 0 Å². The Morgan fingerprint density at radius 2 is 2.21 bits per heavy atom. The van der Waals surface area contributed by atoms with Crippen LogP contribution in [-0.2, 0) is 6.54 Å². The molecule has 74 valence electrons. The molecule has 2 heterocycles. The Labute approximate surface area is 113 Å². The highest BCUT2D eigenvalue weighted by Crippen LogP contribution is 2.17. The van der Waals surface area contributed by atoms with Gasteiger partial charge in [-0.3, -0.25) is 0 Å². The molecule has 0 aliphatic heterocycles. The molecular weight excluding hydrogens is 424 g/mol. The zero-order valence-corrected chi connectivity index (χ0v) is 12.5. The van der Waals surface area contributed by atoms with E-state index in [0.717, 1.165) is 15.3 Å². The van der Waals surface area contributed by atoms with Gasteiger partial charge in [-0.05, 0) is 52.1 Å². The minimum absolute atomic E-state index is 0.875. The second kappa shape index (κ2) is 4.44. The fraction of sp³-hybridized carbons (Fsp3) is 0.250. The lowest BCUT2D eigenvalue weighted by Gasteiger charge is -2.00. The van der Waals surface area contributed by atoms with Crippen LogP contribution in [0.25, 0.3) is 0 Å². The normalized spacial score (nSPS) is 10.8. The van der Waals surface area contributed by atoms with E-state index >= 15 is 0 Å². The summed E-state index contributed by atoms with van der Waals surface area (Å²) in [7, 11) is 0. The van der Waals surface area contributed by atoms with Gasteiger partial charge in [-0.25, -0.2) is 9.97 Å². The summed E-state index contributed by atoms with van der Waals surface area (Å²) in [6.45, 7) is 2.90. The first-order chi connectivity index (χ1) is 6.66. The van der Waals surface area contributed by atoms with Gasteiger partial charge in [-0.1, -0.05) is 0 Å². The maximum absolute atomic E-state index is 4.25. The van der Waals surface area contributed by atoms with E-state index in [1.807, 2.05) is 19.4 Å². The fourth-order valence-electron chi connectivity index (χ4n) is 1.10. The van der Waals surface area contributed by atoms with Crippen molar-refractivity contribution in [1.29, 1.82) is 0 Å². The van der Waals surface area contributed by atoms with Crippen LogP contribution in [0.4, 0.5) is 0 Å². The van der Waals surface area contributed by atoms with Crippen LogP contribution in [0.5, 0.6) is 0 Å². The van der Waals surface area contributed by atoms with Gasteiger partial charge < -0.3 is 4.57 Å². The quantitative estimate of drug-likeness (QED) is 0.686. The van der Waals surface area contributed by atoms with Crippen LogP contribution >= 0.6 is 56.5 Å². The zero-order chi connectivity index (χ0) is 10.1. The second-order valence-electron chi connectivity index (χ2n) is 2.80. The van der Waals surface area contributed by atoms with Crippen molar-refractivity contribution in [3.8, 4) is 0 Å².